The minimum Gasteiger partial charge on any atom is -0.353 e. The predicted octanol–water partition coefficient (Wildman–Crippen LogP) is 4.25. The summed E-state index contributed by atoms with van der Waals surface area (Å²) < 4.78 is 0. The molecule has 3 rings (SSSR count). The van der Waals surface area contributed by atoms with Crippen LogP contribution in [-0.2, 0) is 16.0 Å². The van der Waals surface area contributed by atoms with Gasteiger partial charge in [0.1, 0.15) is 0 Å². The molecule has 4 heteroatoms. The van der Waals surface area contributed by atoms with Gasteiger partial charge < -0.3 is 10.2 Å². The number of hydrogen-bond donors (Lipinski definition) is 1. The third kappa shape index (κ3) is 4.42. The predicted molar refractivity (Wildman–Crippen MR) is 113 cm³/mol. The monoisotopic (exact) mass is 384 g/mol. The maximum atomic E-state index is 13.3. The van der Waals surface area contributed by atoms with Crippen LogP contribution in [0.3, 0.4) is 0 Å². The number of hydrogen-bond acceptors (Lipinski definition) is 2. The van der Waals surface area contributed by atoms with Gasteiger partial charge in [0.05, 0.1) is 6.42 Å². The molecule has 5 atom stereocenters. The third-order valence-electron chi connectivity index (χ3n) is 6.95. The van der Waals surface area contributed by atoms with Crippen molar-refractivity contribution in [2.24, 2.45) is 11.8 Å². The average Bonchev–Trinajstić information content (AvgIpc) is 2.68. The van der Waals surface area contributed by atoms with E-state index in [0.29, 0.717) is 12.3 Å². The highest BCUT2D eigenvalue weighted by Crippen LogP contribution is 2.42. The van der Waals surface area contributed by atoms with Crippen molar-refractivity contribution in [2.45, 2.75) is 90.8 Å². The first-order valence-electron chi connectivity index (χ1n) is 11.1. The molecule has 28 heavy (non-hydrogen) atoms. The molecule has 1 aliphatic heterocycles. The maximum absolute atomic E-state index is 13.3. The van der Waals surface area contributed by atoms with Gasteiger partial charge in [0.2, 0.25) is 11.8 Å². The van der Waals surface area contributed by atoms with E-state index in [0.717, 1.165) is 37.7 Å². The molecule has 0 unspecified atom stereocenters. The second kappa shape index (κ2) is 9.11. The van der Waals surface area contributed by atoms with E-state index in [4.69, 9.17) is 0 Å². The molecule has 154 valence electrons. The van der Waals surface area contributed by atoms with Gasteiger partial charge in [-0.3, -0.25) is 9.59 Å². The van der Waals surface area contributed by atoms with E-state index in [-0.39, 0.29) is 35.9 Å². The topological polar surface area (TPSA) is 49.4 Å². The van der Waals surface area contributed by atoms with Gasteiger partial charge in [-0.2, -0.15) is 0 Å². The van der Waals surface area contributed by atoms with Gasteiger partial charge >= 0.3 is 0 Å². The molecule has 2 fully saturated rings. The van der Waals surface area contributed by atoms with Gasteiger partial charge in [-0.15, -0.1) is 0 Å². The number of likely N-dealkylation sites (tertiary alicyclic amines) is 1. The summed E-state index contributed by atoms with van der Waals surface area (Å²) in [6.07, 6.45) is 6.60. The first-order chi connectivity index (χ1) is 13.4. The summed E-state index contributed by atoms with van der Waals surface area (Å²) in [6, 6.07) is 8.69. The number of aryl methyl sites for hydroxylation is 1. The van der Waals surface area contributed by atoms with Crippen LogP contribution in [0.2, 0.25) is 0 Å². The van der Waals surface area contributed by atoms with Crippen LogP contribution in [0.25, 0.3) is 0 Å². The zero-order chi connectivity index (χ0) is 20.3. The summed E-state index contributed by atoms with van der Waals surface area (Å²) in [4.78, 5) is 28.4. The van der Waals surface area contributed by atoms with Crippen LogP contribution in [0.5, 0.6) is 0 Å². The third-order valence-corrected chi connectivity index (χ3v) is 6.95. The largest absolute Gasteiger partial charge is 0.353 e. The lowest BCUT2D eigenvalue weighted by Crippen LogP contribution is -2.59. The summed E-state index contributed by atoms with van der Waals surface area (Å²) in [5.41, 5.74) is 2.29. The highest BCUT2D eigenvalue weighted by Gasteiger charge is 2.46. The molecule has 4 nitrogen and oxygen atoms in total. The fraction of sp³-hybridized carbons (Fsp3) is 0.667. The number of carbonyl (C=O) groups is 2. The van der Waals surface area contributed by atoms with Crippen LogP contribution in [0.1, 0.15) is 70.4 Å². The van der Waals surface area contributed by atoms with Gasteiger partial charge in [0.25, 0.3) is 0 Å². The Morgan fingerprint density at radius 1 is 1.21 bits per heavy atom. The SMILES string of the molecule is CC[C@H](C)NC(=O)[C@@H]1C[C@H](C)N(C(=O)Cc2ccccc2C)[C@H]2CCCC[C@H]12. The van der Waals surface area contributed by atoms with Crippen molar-refractivity contribution < 1.29 is 9.59 Å². The smallest absolute Gasteiger partial charge is 0.227 e. The number of nitrogens with zero attached hydrogens (tertiary/aromatic N) is 1. The molecule has 1 saturated heterocycles. The van der Waals surface area contributed by atoms with Crippen molar-refractivity contribution in [1.82, 2.24) is 10.2 Å². The summed E-state index contributed by atoms with van der Waals surface area (Å²) in [5, 5.41) is 3.20. The van der Waals surface area contributed by atoms with Gasteiger partial charge in [0, 0.05) is 24.0 Å². The van der Waals surface area contributed by atoms with Crippen LogP contribution in [0.15, 0.2) is 24.3 Å². The Bertz CT molecular complexity index is 702. The Hall–Kier alpha value is -1.84. The molecule has 0 aromatic heterocycles. The first-order valence-corrected chi connectivity index (χ1v) is 11.1. The number of rotatable bonds is 5. The second-order valence-corrected chi connectivity index (χ2v) is 8.93. The molecule has 1 N–H and O–H groups in total. The molecular weight excluding hydrogens is 348 g/mol. The van der Waals surface area contributed by atoms with Crippen LogP contribution in [0, 0.1) is 18.8 Å². The van der Waals surface area contributed by atoms with Crippen molar-refractivity contribution in [3.05, 3.63) is 35.4 Å². The quantitative estimate of drug-likeness (QED) is 0.825. The summed E-state index contributed by atoms with van der Waals surface area (Å²) in [7, 11) is 0. The van der Waals surface area contributed by atoms with Crippen molar-refractivity contribution >= 4 is 11.8 Å². The van der Waals surface area contributed by atoms with Gasteiger partial charge in [-0.1, -0.05) is 44.0 Å². The molecule has 1 aromatic rings. The lowest BCUT2D eigenvalue weighted by Gasteiger charge is -2.51. The fourth-order valence-corrected chi connectivity index (χ4v) is 5.18. The van der Waals surface area contributed by atoms with E-state index in [9.17, 15) is 9.59 Å². The summed E-state index contributed by atoms with van der Waals surface area (Å²) in [6.45, 7) is 8.37. The normalized spacial score (nSPS) is 28.4. The van der Waals surface area contributed by atoms with Crippen molar-refractivity contribution in [2.75, 3.05) is 0 Å². The first kappa shape index (κ1) is 20.9. The number of carbonyl (C=O) groups excluding carboxylic acids is 2. The summed E-state index contributed by atoms with van der Waals surface area (Å²) in [5.74, 6) is 0.759. The molecule has 2 aliphatic rings. The molecule has 1 heterocycles. The molecule has 1 saturated carbocycles. The van der Waals surface area contributed by atoms with E-state index in [1.54, 1.807) is 0 Å². The molecule has 2 amide bonds. The van der Waals surface area contributed by atoms with Crippen molar-refractivity contribution in [3.8, 4) is 0 Å². The highest BCUT2D eigenvalue weighted by molar-refractivity contribution is 5.82. The fourth-order valence-electron chi connectivity index (χ4n) is 5.18. The van der Waals surface area contributed by atoms with Gasteiger partial charge in [-0.25, -0.2) is 0 Å². The van der Waals surface area contributed by atoms with E-state index in [2.05, 4.69) is 50.0 Å². The molecular formula is C24H36N2O2. The van der Waals surface area contributed by atoms with Crippen LogP contribution in [-0.4, -0.2) is 34.8 Å². The number of benzene rings is 1. The van der Waals surface area contributed by atoms with Gasteiger partial charge in [0.15, 0.2) is 0 Å². The zero-order valence-corrected chi connectivity index (χ0v) is 17.9. The number of nitrogens with one attached hydrogen (secondary N) is 1. The minimum absolute atomic E-state index is 0.0387. The van der Waals surface area contributed by atoms with E-state index in [1.807, 2.05) is 12.1 Å². The molecule has 1 aromatic carbocycles. The Balaban J connectivity index is 1.78. The van der Waals surface area contributed by atoms with Crippen LogP contribution >= 0.6 is 0 Å². The standard InChI is InChI=1S/C24H36N2O2/c1-5-17(3)25-24(28)21-14-18(4)26(22-13-9-8-12-20(21)22)23(27)15-19-11-7-6-10-16(19)2/h6-7,10-11,17-18,20-22H,5,8-9,12-15H2,1-4H3,(H,25,28)/t17-,18-,20+,21+,22-/m0/s1. The Labute approximate surface area is 170 Å². The second-order valence-electron chi connectivity index (χ2n) is 8.93. The number of fused-ring (bicyclic) bond motifs is 1. The lowest BCUT2D eigenvalue weighted by molar-refractivity contribution is -0.148. The molecule has 0 bridgehead atoms. The Kier molecular flexibility index (Phi) is 6.79. The zero-order valence-electron chi connectivity index (χ0n) is 17.9. The number of piperidine rings is 1. The van der Waals surface area contributed by atoms with Crippen molar-refractivity contribution in [1.29, 1.82) is 0 Å². The van der Waals surface area contributed by atoms with Crippen LogP contribution < -0.4 is 5.32 Å². The highest BCUT2D eigenvalue weighted by atomic mass is 16.2. The lowest BCUT2D eigenvalue weighted by atomic mass is 9.69. The van der Waals surface area contributed by atoms with E-state index in [1.165, 1.54) is 12.0 Å². The average molecular weight is 385 g/mol. The number of amides is 2. The molecule has 1 aliphatic carbocycles. The van der Waals surface area contributed by atoms with Crippen molar-refractivity contribution in [3.63, 3.8) is 0 Å². The maximum Gasteiger partial charge on any atom is 0.227 e. The molecule has 0 radical (unpaired) electrons. The van der Waals surface area contributed by atoms with E-state index < -0.39 is 0 Å². The molecule has 0 spiro atoms. The van der Waals surface area contributed by atoms with E-state index >= 15 is 0 Å². The Morgan fingerprint density at radius 2 is 1.93 bits per heavy atom. The Morgan fingerprint density at radius 3 is 2.64 bits per heavy atom. The van der Waals surface area contributed by atoms with Gasteiger partial charge in [-0.05, 0) is 63.5 Å². The van der Waals surface area contributed by atoms with Crippen LogP contribution in [0.4, 0.5) is 0 Å². The summed E-state index contributed by atoms with van der Waals surface area (Å²) >= 11 is 0. The minimum atomic E-state index is 0.0387.